The van der Waals surface area contributed by atoms with Gasteiger partial charge in [0.2, 0.25) is 5.89 Å². The highest BCUT2D eigenvalue weighted by Gasteiger charge is 2.20. The molecule has 128 valence electrons. The number of nitrogens with zero attached hydrogens (tertiary/aromatic N) is 1. The molecule has 0 aliphatic rings. The number of hydrogen-bond donors (Lipinski definition) is 0. The topological polar surface area (TPSA) is 61.6 Å². The summed E-state index contributed by atoms with van der Waals surface area (Å²) in [5.41, 5.74) is 2.15. The van der Waals surface area contributed by atoms with Crippen molar-refractivity contribution in [2.24, 2.45) is 0 Å². The minimum absolute atomic E-state index is 0.187. The number of oxazole rings is 1. The van der Waals surface area contributed by atoms with Crippen LogP contribution in [0.25, 0.3) is 22.7 Å². The number of carbonyl (C=O) groups excluding carboxylic acids is 1. The molecular weight excluding hydrogens is 342 g/mol. The minimum Gasteiger partial charge on any atom is -0.497 e. The van der Waals surface area contributed by atoms with Gasteiger partial charge in [0.25, 0.3) is 0 Å². The highest BCUT2D eigenvalue weighted by molar-refractivity contribution is 6.31. The fourth-order valence-corrected chi connectivity index (χ4v) is 2.47. The van der Waals surface area contributed by atoms with Gasteiger partial charge in [-0.2, -0.15) is 0 Å². The Morgan fingerprint density at radius 1 is 1.24 bits per heavy atom. The number of methoxy groups -OCH3 is 1. The SMILES string of the molecule is CCOC(=O)C(=Cc1ccc(OC)cc1)c1nc2cc(Cl)ccc2o1. The second-order valence-corrected chi connectivity index (χ2v) is 5.62. The molecule has 2 aromatic carbocycles. The van der Waals surface area contributed by atoms with Crippen molar-refractivity contribution in [2.75, 3.05) is 13.7 Å². The average molecular weight is 358 g/mol. The zero-order valence-corrected chi connectivity index (χ0v) is 14.5. The molecule has 3 rings (SSSR count). The van der Waals surface area contributed by atoms with Crippen LogP contribution in [0.5, 0.6) is 5.75 Å². The first-order valence-corrected chi connectivity index (χ1v) is 8.08. The van der Waals surface area contributed by atoms with E-state index in [0.29, 0.717) is 16.1 Å². The number of fused-ring (bicyclic) bond motifs is 1. The predicted molar refractivity (Wildman–Crippen MR) is 96.5 cm³/mol. The third-order valence-electron chi connectivity index (χ3n) is 3.50. The van der Waals surface area contributed by atoms with Crippen LogP contribution in [-0.4, -0.2) is 24.7 Å². The third kappa shape index (κ3) is 3.83. The number of hydrogen-bond acceptors (Lipinski definition) is 5. The van der Waals surface area contributed by atoms with Crippen molar-refractivity contribution in [3.63, 3.8) is 0 Å². The maximum absolute atomic E-state index is 12.4. The summed E-state index contributed by atoms with van der Waals surface area (Å²) in [7, 11) is 1.60. The lowest BCUT2D eigenvalue weighted by molar-refractivity contribution is -0.136. The Labute approximate surface area is 149 Å². The molecule has 0 saturated heterocycles. The fourth-order valence-electron chi connectivity index (χ4n) is 2.30. The van der Waals surface area contributed by atoms with Crippen LogP contribution in [0.1, 0.15) is 18.4 Å². The summed E-state index contributed by atoms with van der Waals surface area (Å²) in [5.74, 6) is 0.411. The first kappa shape index (κ1) is 17.0. The average Bonchev–Trinajstić information content (AvgIpc) is 3.03. The summed E-state index contributed by atoms with van der Waals surface area (Å²) in [5, 5.41) is 0.546. The largest absolute Gasteiger partial charge is 0.497 e. The van der Waals surface area contributed by atoms with Gasteiger partial charge in [0, 0.05) is 5.02 Å². The number of carbonyl (C=O) groups is 1. The molecule has 6 heteroatoms. The van der Waals surface area contributed by atoms with E-state index in [4.69, 9.17) is 25.5 Å². The Hall–Kier alpha value is -2.79. The number of esters is 1. The number of benzene rings is 2. The smallest absolute Gasteiger partial charge is 0.343 e. The van der Waals surface area contributed by atoms with Gasteiger partial charge in [0.15, 0.2) is 5.58 Å². The van der Waals surface area contributed by atoms with Gasteiger partial charge < -0.3 is 13.9 Å². The Morgan fingerprint density at radius 2 is 2.00 bits per heavy atom. The molecule has 1 aromatic heterocycles. The number of rotatable bonds is 5. The lowest BCUT2D eigenvalue weighted by atomic mass is 10.1. The van der Waals surface area contributed by atoms with Gasteiger partial charge in [-0.3, -0.25) is 0 Å². The quantitative estimate of drug-likeness (QED) is 0.493. The van der Waals surface area contributed by atoms with Gasteiger partial charge in [0.05, 0.1) is 13.7 Å². The zero-order chi connectivity index (χ0) is 17.8. The second kappa shape index (κ2) is 7.40. The minimum atomic E-state index is -0.504. The van der Waals surface area contributed by atoms with Crippen LogP contribution < -0.4 is 4.74 Å². The summed E-state index contributed by atoms with van der Waals surface area (Å²) in [6, 6.07) is 12.4. The van der Waals surface area contributed by atoms with Crippen LogP contribution in [0.2, 0.25) is 5.02 Å². The van der Waals surface area contributed by atoms with E-state index < -0.39 is 5.97 Å². The van der Waals surface area contributed by atoms with Crippen LogP contribution in [0, 0.1) is 0 Å². The molecule has 0 saturated carbocycles. The molecule has 0 atom stereocenters. The number of halogens is 1. The summed E-state index contributed by atoms with van der Waals surface area (Å²) >= 11 is 5.98. The summed E-state index contributed by atoms with van der Waals surface area (Å²) < 4.78 is 16.0. The zero-order valence-electron chi connectivity index (χ0n) is 13.8. The van der Waals surface area contributed by atoms with Crippen molar-refractivity contribution in [3.8, 4) is 5.75 Å². The molecule has 0 aliphatic carbocycles. The van der Waals surface area contributed by atoms with E-state index >= 15 is 0 Å². The van der Waals surface area contributed by atoms with Crippen molar-refractivity contribution in [2.45, 2.75) is 6.92 Å². The molecule has 1 heterocycles. The van der Waals surface area contributed by atoms with E-state index in [9.17, 15) is 4.79 Å². The van der Waals surface area contributed by atoms with Crippen molar-refractivity contribution in [1.82, 2.24) is 4.98 Å². The van der Waals surface area contributed by atoms with Crippen molar-refractivity contribution in [1.29, 1.82) is 0 Å². The maximum atomic E-state index is 12.4. The van der Waals surface area contributed by atoms with Gasteiger partial charge >= 0.3 is 5.97 Å². The Bertz CT molecular complexity index is 928. The summed E-state index contributed by atoms with van der Waals surface area (Å²) in [6.45, 7) is 2.00. The van der Waals surface area contributed by atoms with Gasteiger partial charge in [-0.1, -0.05) is 23.7 Å². The predicted octanol–water partition coefficient (Wildman–Crippen LogP) is 4.59. The van der Waals surface area contributed by atoms with Crippen molar-refractivity contribution >= 4 is 40.3 Å². The van der Waals surface area contributed by atoms with E-state index in [-0.39, 0.29) is 18.1 Å². The Kier molecular flexibility index (Phi) is 5.05. The first-order chi connectivity index (χ1) is 12.1. The van der Waals surface area contributed by atoms with E-state index in [2.05, 4.69) is 4.98 Å². The molecule has 3 aromatic rings. The maximum Gasteiger partial charge on any atom is 0.343 e. The van der Waals surface area contributed by atoms with Crippen molar-refractivity contribution in [3.05, 3.63) is 58.9 Å². The van der Waals surface area contributed by atoms with Gasteiger partial charge in [-0.05, 0) is 48.9 Å². The summed E-state index contributed by atoms with van der Waals surface area (Å²) in [6.07, 6.45) is 1.67. The Morgan fingerprint density at radius 3 is 2.68 bits per heavy atom. The highest BCUT2D eigenvalue weighted by Crippen LogP contribution is 2.26. The van der Waals surface area contributed by atoms with Crippen LogP contribution in [0.3, 0.4) is 0 Å². The molecule has 0 spiro atoms. The third-order valence-corrected chi connectivity index (χ3v) is 3.74. The molecule has 0 fully saturated rings. The van der Waals surface area contributed by atoms with Crippen LogP contribution in [0.15, 0.2) is 46.9 Å². The standard InChI is InChI=1S/C19H16ClNO4/c1-3-24-19(22)15(10-12-4-7-14(23-2)8-5-12)18-21-16-11-13(20)6-9-17(16)25-18/h4-11H,3H2,1-2H3. The van der Waals surface area contributed by atoms with Crippen LogP contribution >= 0.6 is 11.6 Å². The van der Waals surface area contributed by atoms with Crippen LogP contribution in [-0.2, 0) is 9.53 Å². The normalized spacial score (nSPS) is 11.6. The van der Waals surface area contributed by atoms with Gasteiger partial charge in [-0.25, -0.2) is 9.78 Å². The number of aromatic nitrogens is 1. The fraction of sp³-hybridized carbons (Fsp3) is 0.158. The molecule has 25 heavy (non-hydrogen) atoms. The Balaban J connectivity index is 2.06. The van der Waals surface area contributed by atoms with E-state index in [1.807, 2.05) is 12.1 Å². The molecule has 0 amide bonds. The lowest BCUT2D eigenvalue weighted by Crippen LogP contribution is -2.07. The second-order valence-electron chi connectivity index (χ2n) is 5.18. The first-order valence-electron chi connectivity index (χ1n) is 7.70. The number of ether oxygens (including phenoxy) is 2. The molecule has 0 aliphatic heterocycles. The van der Waals surface area contributed by atoms with Gasteiger partial charge in [0.1, 0.15) is 16.8 Å². The molecule has 0 bridgehead atoms. The summed E-state index contributed by atoms with van der Waals surface area (Å²) in [4.78, 5) is 16.7. The van der Waals surface area contributed by atoms with E-state index in [1.54, 1.807) is 50.4 Å². The van der Waals surface area contributed by atoms with E-state index in [1.165, 1.54) is 0 Å². The molecular formula is C19H16ClNO4. The monoisotopic (exact) mass is 357 g/mol. The highest BCUT2D eigenvalue weighted by atomic mass is 35.5. The molecule has 0 N–H and O–H groups in total. The van der Waals surface area contributed by atoms with Crippen LogP contribution in [0.4, 0.5) is 0 Å². The van der Waals surface area contributed by atoms with Gasteiger partial charge in [-0.15, -0.1) is 0 Å². The molecule has 5 nitrogen and oxygen atoms in total. The lowest BCUT2D eigenvalue weighted by Gasteiger charge is -2.04. The van der Waals surface area contributed by atoms with E-state index in [0.717, 1.165) is 11.3 Å². The molecule has 0 unspecified atom stereocenters. The van der Waals surface area contributed by atoms with Crippen molar-refractivity contribution < 1.29 is 18.7 Å². The molecule has 0 radical (unpaired) electrons.